The molecule has 1 atom stereocenters. The van der Waals surface area contributed by atoms with Gasteiger partial charge in [0.05, 0.1) is 6.20 Å². The summed E-state index contributed by atoms with van der Waals surface area (Å²) in [6.45, 7) is 2.10. The summed E-state index contributed by atoms with van der Waals surface area (Å²) in [5, 5.41) is 9.53. The first-order chi connectivity index (χ1) is 7.06. The fourth-order valence-corrected chi connectivity index (χ4v) is 2.59. The Labute approximate surface area is 97.3 Å². The van der Waals surface area contributed by atoms with Gasteiger partial charge in [0.1, 0.15) is 4.88 Å². The predicted molar refractivity (Wildman–Crippen MR) is 65.3 cm³/mol. The number of aromatic carboxylic acids is 1. The minimum Gasteiger partial charge on any atom is -0.477 e. The molecule has 1 N–H and O–H groups in total. The van der Waals surface area contributed by atoms with E-state index in [-0.39, 0.29) is 4.88 Å². The van der Waals surface area contributed by atoms with Gasteiger partial charge in [-0.05, 0) is 13.2 Å². The number of carboxylic acid groups (broad SMARTS) is 1. The lowest BCUT2D eigenvalue weighted by molar-refractivity contribution is 0.0702. The van der Waals surface area contributed by atoms with E-state index in [4.69, 9.17) is 5.11 Å². The maximum atomic E-state index is 10.7. The first-order valence-corrected chi connectivity index (χ1v) is 6.68. The quantitative estimate of drug-likeness (QED) is 0.861. The van der Waals surface area contributed by atoms with Crippen LogP contribution in [0, 0.1) is 0 Å². The van der Waals surface area contributed by atoms with E-state index in [2.05, 4.69) is 18.2 Å². The SMILES string of the molecule is CSCC(C)N(C)c1ncc(C(=O)O)s1. The summed E-state index contributed by atoms with van der Waals surface area (Å²) in [5.74, 6) is 0.0862. The van der Waals surface area contributed by atoms with Crippen molar-refractivity contribution in [2.24, 2.45) is 0 Å². The van der Waals surface area contributed by atoms with Crippen molar-refractivity contribution in [3.8, 4) is 0 Å². The minimum absolute atomic E-state index is 0.285. The summed E-state index contributed by atoms with van der Waals surface area (Å²) in [6, 6.07) is 0.354. The van der Waals surface area contributed by atoms with Crippen molar-refractivity contribution >= 4 is 34.2 Å². The molecule has 1 heterocycles. The first-order valence-electron chi connectivity index (χ1n) is 4.47. The Morgan fingerprint density at radius 2 is 2.47 bits per heavy atom. The van der Waals surface area contributed by atoms with E-state index < -0.39 is 5.97 Å². The average Bonchev–Trinajstić information content (AvgIpc) is 2.65. The summed E-state index contributed by atoms with van der Waals surface area (Å²) in [6.07, 6.45) is 3.46. The van der Waals surface area contributed by atoms with Gasteiger partial charge in [0, 0.05) is 18.8 Å². The molecule has 0 fully saturated rings. The fraction of sp³-hybridized carbons (Fsp3) is 0.556. The predicted octanol–water partition coefficient (Wildman–Crippen LogP) is 2.03. The minimum atomic E-state index is -0.912. The van der Waals surface area contributed by atoms with Crippen LogP contribution >= 0.6 is 23.1 Å². The average molecular weight is 246 g/mol. The van der Waals surface area contributed by atoms with Gasteiger partial charge in [0.25, 0.3) is 0 Å². The molecule has 0 bridgehead atoms. The highest BCUT2D eigenvalue weighted by Crippen LogP contribution is 2.23. The number of hydrogen-bond donors (Lipinski definition) is 1. The molecule has 4 nitrogen and oxygen atoms in total. The maximum Gasteiger partial charge on any atom is 0.347 e. The van der Waals surface area contributed by atoms with E-state index in [9.17, 15) is 4.79 Å². The van der Waals surface area contributed by atoms with Crippen LogP contribution in [-0.4, -0.2) is 41.2 Å². The van der Waals surface area contributed by atoms with Crippen molar-refractivity contribution in [2.75, 3.05) is 24.0 Å². The molecule has 1 rings (SSSR count). The van der Waals surface area contributed by atoms with E-state index in [1.54, 1.807) is 11.8 Å². The molecular formula is C9H14N2O2S2. The van der Waals surface area contributed by atoms with E-state index >= 15 is 0 Å². The van der Waals surface area contributed by atoms with Crippen molar-refractivity contribution < 1.29 is 9.90 Å². The van der Waals surface area contributed by atoms with Crippen LogP contribution in [0.1, 0.15) is 16.6 Å². The Hall–Kier alpha value is -0.750. The largest absolute Gasteiger partial charge is 0.477 e. The molecule has 1 aromatic heterocycles. The van der Waals surface area contributed by atoms with Crippen LogP contribution in [-0.2, 0) is 0 Å². The number of aromatic nitrogens is 1. The van der Waals surface area contributed by atoms with Gasteiger partial charge in [-0.1, -0.05) is 11.3 Å². The molecule has 6 heteroatoms. The third-order valence-corrected chi connectivity index (χ3v) is 3.97. The number of carbonyl (C=O) groups is 1. The van der Waals surface area contributed by atoms with Gasteiger partial charge in [0.2, 0.25) is 0 Å². The summed E-state index contributed by atoms with van der Waals surface area (Å²) < 4.78 is 0. The molecule has 0 aliphatic carbocycles. The van der Waals surface area contributed by atoms with Gasteiger partial charge >= 0.3 is 5.97 Å². The number of thioether (sulfide) groups is 1. The zero-order valence-corrected chi connectivity index (χ0v) is 10.6. The lowest BCUT2D eigenvalue weighted by atomic mass is 10.4. The van der Waals surface area contributed by atoms with Crippen LogP contribution in [0.25, 0.3) is 0 Å². The van der Waals surface area contributed by atoms with Crippen LogP contribution in [0.15, 0.2) is 6.20 Å². The monoisotopic (exact) mass is 246 g/mol. The summed E-state index contributed by atoms with van der Waals surface area (Å²) >= 11 is 2.97. The molecule has 84 valence electrons. The smallest absolute Gasteiger partial charge is 0.347 e. The molecule has 0 amide bonds. The lowest BCUT2D eigenvalue weighted by Crippen LogP contribution is -2.30. The van der Waals surface area contributed by atoms with Crippen LogP contribution in [0.2, 0.25) is 0 Å². The molecule has 0 radical (unpaired) electrons. The summed E-state index contributed by atoms with van der Waals surface area (Å²) in [4.78, 5) is 17.1. The second-order valence-corrected chi connectivity index (χ2v) is 5.15. The third-order valence-electron chi connectivity index (χ3n) is 2.08. The Kier molecular flexibility index (Phi) is 4.41. The van der Waals surface area contributed by atoms with Crippen molar-refractivity contribution in [3.63, 3.8) is 0 Å². The van der Waals surface area contributed by atoms with Gasteiger partial charge in [-0.2, -0.15) is 11.8 Å². The highest BCUT2D eigenvalue weighted by Gasteiger charge is 2.15. The molecule has 1 aromatic rings. The molecule has 1 unspecified atom stereocenters. The molecule has 0 aliphatic rings. The molecule has 0 aliphatic heterocycles. The molecule has 0 saturated carbocycles. The zero-order chi connectivity index (χ0) is 11.4. The number of thiazole rings is 1. The second kappa shape index (κ2) is 5.37. The molecule has 0 aromatic carbocycles. The van der Waals surface area contributed by atoms with Crippen LogP contribution < -0.4 is 4.90 Å². The Morgan fingerprint density at radius 1 is 1.80 bits per heavy atom. The van der Waals surface area contributed by atoms with Gasteiger partial charge in [-0.3, -0.25) is 0 Å². The van der Waals surface area contributed by atoms with Crippen LogP contribution in [0.4, 0.5) is 5.13 Å². The zero-order valence-electron chi connectivity index (χ0n) is 8.93. The van der Waals surface area contributed by atoms with Crippen LogP contribution in [0.3, 0.4) is 0 Å². The highest BCUT2D eigenvalue weighted by molar-refractivity contribution is 7.98. The number of anilines is 1. The first kappa shape index (κ1) is 12.3. The molecule has 0 spiro atoms. The lowest BCUT2D eigenvalue weighted by Gasteiger charge is -2.23. The third kappa shape index (κ3) is 3.10. The van der Waals surface area contributed by atoms with Crippen molar-refractivity contribution in [1.82, 2.24) is 4.98 Å². The van der Waals surface area contributed by atoms with Crippen molar-refractivity contribution in [1.29, 1.82) is 0 Å². The van der Waals surface area contributed by atoms with Crippen molar-refractivity contribution in [2.45, 2.75) is 13.0 Å². The number of nitrogens with zero attached hydrogens (tertiary/aromatic N) is 2. The van der Waals surface area contributed by atoms with E-state index in [0.717, 1.165) is 10.9 Å². The van der Waals surface area contributed by atoms with Gasteiger partial charge in [-0.25, -0.2) is 9.78 Å². The number of carboxylic acids is 1. The van der Waals surface area contributed by atoms with E-state index in [0.29, 0.717) is 6.04 Å². The fourth-order valence-electron chi connectivity index (χ4n) is 1.07. The maximum absolute atomic E-state index is 10.7. The molecule has 15 heavy (non-hydrogen) atoms. The topological polar surface area (TPSA) is 53.4 Å². The normalized spacial score (nSPS) is 12.5. The van der Waals surface area contributed by atoms with Gasteiger partial charge in [0.15, 0.2) is 5.13 Å². The summed E-state index contributed by atoms with van der Waals surface area (Å²) in [7, 11) is 1.94. The standard InChI is InChI=1S/C9H14N2O2S2/c1-6(5-14-3)11(2)9-10-4-7(15-9)8(12)13/h4,6H,5H2,1-3H3,(H,12,13). The number of rotatable bonds is 5. The summed E-state index contributed by atoms with van der Waals surface area (Å²) in [5.41, 5.74) is 0. The Morgan fingerprint density at radius 3 is 2.93 bits per heavy atom. The Bertz CT molecular complexity index is 341. The second-order valence-electron chi connectivity index (χ2n) is 3.23. The van der Waals surface area contributed by atoms with Gasteiger partial charge < -0.3 is 10.0 Å². The highest BCUT2D eigenvalue weighted by atomic mass is 32.2. The Balaban J connectivity index is 2.73. The number of hydrogen-bond acceptors (Lipinski definition) is 5. The van der Waals surface area contributed by atoms with E-state index in [1.165, 1.54) is 17.5 Å². The van der Waals surface area contributed by atoms with Crippen LogP contribution in [0.5, 0.6) is 0 Å². The molecule has 0 saturated heterocycles. The molecular weight excluding hydrogens is 232 g/mol. The van der Waals surface area contributed by atoms with Crippen molar-refractivity contribution in [3.05, 3.63) is 11.1 Å². The van der Waals surface area contributed by atoms with E-state index in [1.807, 2.05) is 11.9 Å². The van der Waals surface area contributed by atoms with Gasteiger partial charge in [-0.15, -0.1) is 0 Å².